The Morgan fingerprint density at radius 1 is 0.929 bits per heavy atom. The van der Waals surface area contributed by atoms with Gasteiger partial charge in [-0.25, -0.2) is 10.1 Å². The van der Waals surface area contributed by atoms with E-state index < -0.39 is 52.1 Å². The Morgan fingerprint density at radius 3 is 2.33 bits per heavy atom. The summed E-state index contributed by atoms with van der Waals surface area (Å²) < 4.78 is 30.3. The highest BCUT2D eigenvalue weighted by molar-refractivity contribution is 7.71. The van der Waals surface area contributed by atoms with Crippen LogP contribution in [-0.4, -0.2) is 75.2 Å². The number of halogens is 1. The second kappa shape index (κ2) is 10.9. The molecule has 3 aromatic carbocycles. The van der Waals surface area contributed by atoms with Crippen LogP contribution in [0.1, 0.15) is 6.23 Å². The minimum Gasteiger partial charge on any atom is -0.387 e. The van der Waals surface area contributed by atoms with E-state index in [9.17, 15) is 24.2 Å². The zero-order valence-corrected chi connectivity index (χ0v) is 24.1. The lowest BCUT2D eigenvalue weighted by atomic mass is 10.0. The summed E-state index contributed by atoms with van der Waals surface area (Å²) in [5.74, 6) is -1.01. The molecule has 3 heterocycles. The van der Waals surface area contributed by atoms with Crippen molar-refractivity contribution in [2.45, 2.75) is 24.5 Å². The number of rotatable bonds is 8. The molecule has 6 rings (SSSR count). The molecule has 2 aromatic heterocycles. The maximum Gasteiger partial charge on any atom is 0.336 e. The van der Waals surface area contributed by atoms with Crippen LogP contribution in [0, 0.1) is 0 Å². The first-order valence-corrected chi connectivity index (χ1v) is 16.6. The predicted molar refractivity (Wildman–Crippen MR) is 156 cm³/mol. The van der Waals surface area contributed by atoms with Gasteiger partial charge < -0.3 is 34.9 Å². The molecule has 0 radical (unpaired) electrons. The smallest absolute Gasteiger partial charge is 0.336 e. The zero-order chi connectivity index (χ0) is 29.8. The molecule has 1 saturated heterocycles. The standard InChI is InChI=1S/C25H25ClN6O8P2/c26-25-30-22(29-17-6-5-15-7-13-3-1-2-4-14(13)8-16(15)9-17)19-23(31-25)32(11-27-19)24-21(34)20(33)18(40-24)10-28-41(35,36)12-42(37,38)39/h1-9,11,18,20-21,24,33-34H,10,12H2,(H2,28,35,36)(H,29,30,31)(H2,37,38,39). The molecule has 0 aliphatic carbocycles. The van der Waals surface area contributed by atoms with Crippen molar-refractivity contribution in [3.05, 3.63) is 66.2 Å². The highest BCUT2D eigenvalue weighted by atomic mass is 35.5. The highest BCUT2D eigenvalue weighted by Crippen LogP contribution is 2.52. The number of hydrogen-bond donors (Lipinski definition) is 7. The molecular weight excluding hydrogens is 610 g/mol. The number of hydrogen-bond acceptors (Lipinski definition) is 9. The fourth-order valence-electron chi connectivity index (χ4n) is 4.98. The van der Waals surface area contributed by atoms with Gasteiger partial charge >= 0.3 is 7.60 Å². The number of ether oxygens (including phenoxy) is 1. The van der Waals surface area contributed by atoms with Gasteiger partial charge in [0.05, 0.1) is 6.33 Å². The van der Waals surface area contributed by atoms with Gasteiger partial charge in [0, 0.05) is 12.2 Å². The van der Waals surface area contributed by atoms with Gasteiger partial charge in [-0.3, -0.25) is 13.7 Å². The summed E-state index contributed by atoms with van der Waals surface area (Å²) in [5.41, 5.74) is 1.20. The first kappa shape index (κ1) is 29.1. The van der Waals surface area contributed by atoms with E-state index in [0.717, 1.165) is 21.5 Å². The average molecular weight is 635 g/mol. The van der Waals surface area contributed by atoms with Crippen LogP contribution in [0.3, 0.4) is 0 Å². The van der Waals surface area contributed by atoms with Crippen molar-refractivity contribution in [2.24, 2.45) is 0 Å². The van der Waals surface area contributed by atoms with Gasteiger partial charge in [0.1, 0.15) is 24.2 Å². The number of fused-ring (bicyclic) bond motifs is 3. The molecule has 220 valence electrons. The summed E-state index contributed by atoms with van der Waals surface area (Å²) in [6, 6.07) is 18.1. The molecule has 1 fully saturated rings. The van der Waals surface area contributed by atoms with E-state index in [-0.39, 0.29) is 16.7 Å². The fourth-order valence-corrected chi connectivity index (χ4v) is 8.01. The first-order chi connectivity index (χ1) is 19.9. The molecular formula is C25H25ClN6O8P2. The molecule has 7 N–H and O–H groups in total. The summed E-state index contributed by atoms with van der Waals surface area (Å²) in [6.07, 6.45) is -4.12. The third-order valence-electron chi connectivity index (χ3n) is 6.89. The number of aliphatic hydroxyl groups is 2. The van der Waals surface area contributed by atoms with Crippen molar-refractivity contribution >= 4 is 70.9 Å². The minimum absolute atomic E-state index is 0.122. The summed E-state index contributed by atoms with van der Waals surface area (Å²) >= 11 is 6.24. The van der Waals surface area contributed by atoms with Crippen LogP contribution >= 0.6 is 26.7 Å². The lowest BCUT2D eigenvalue weighted by Crippen LogP contribution is -2.37. The minimum atomic E-state index is -4.79. The van der Waals surface area contributed by atoms with Gasteiger partial charge in [0.15, 0.2) is 23.2 Å². The highest BCUT2D eigenvalue weighted by Gasteiger charge is 2.45. The molecule has 5 aromatic rings. The number of nitrogens with one attached hydrogen (secondary N) is 2. The quantitative estimate of drug-likeness (QED) is 0.0744. The van der Waals surface area contributed by atoms with Crippen molar-refractivity contribution in [3.8, 4) is 0 Å². The maximum absolute atomic E-state index is 12.1. The second-order valence-electron chi connectivity index (χ2n) is 9.97. The summed E-state index contributed by atoms with van der Waals surface area (Å²) in [7, 11) is -9.24. The molecule has 42 heavy (non-hydrogen) atoms. The van der Waals surface area contributed by atoms with E-state index in [1.807, 2.05) is 36.4 Å². The molecule has 0 saturated carbocycles. The Kier molecular flexibility index (Phi) is 7.57. The Hall–Kier alpha value is -3.00. The predicted octanol–water partition coefficient (Wildman–Crippen LogP) is 3.06. The van der Waals surface area contributed by atoms with Crippen molar-refractivity contribution in [2.75, 3.05) is 17.8 Å². The summed E-state index contributed by atoms with van der Waals surface area (Å²) in [5, 5.41) is 30.8. The molecule has 5 atom stereocenters. The van der Waals surface area contributed by atoms with E-state index in [1.165, 1.54) is 10.9 Å². The number of benzene rings is 3. The van der Waals surface area contributed by atoms with Gasteiger partial charge in [-0.05, 0) is 57.4 Å². The number of nitrogens with zero attached hydrogens (tertiary/aromatic N) is 4. The second-order valence-corrected chi connectivity index (χ2v) is 14.5. The van der Waals surface area contributed by atoms with E-state index >= 15 is 0 Å². The van der Waals surface area contributed by atoms with Gasteiger partial charge in [0.2, 0.25) is 5.28 Å². The Morgan fingerprint density at radius 2 is 1.62 bits per heavy atom. The Bertz CT molecular complexity index is 1920. The van der Waals surface area contributed by atoms with Crippen molar-refractivity contribution in [1.29, 1.82) is 0 Å². The van der Waals surface area contributed by atoms with Crippen LogP contribution in [0.25, 0.3) is 32.7 Å². The number of aliphatic hydroxyl groups excluding tert-OH is 2. The third kappa shape index (κ3) is 5.92. The molecule has 1 aliphatic rings. The normalized spacial score (nSPS) is 22.6. The van der Waals surface area contributed by atoms with E-state index in [0.29, 0.717) is 11.2 Å². The van der Waals surface area contributed by atoms with Crippen LogP contribution in [0.5, 0.6) is 0 Å². The SMILES string of the molecule is O=P(O)(O)CP(=O)(O)NCC1OC(n2cnc3c(Nc4ccc5cc6ccccc6cc5c4)nc(Cl)nc32)C(O)C1O. The molecule has 17 heteroatoms. The first-order valence-electron chi connectivity index (χ1n) is 12.6. The third-order valence-corrected chi connectivity index (χ3v) is 10.7. The van der Waals surface area contributed by atoms with Crippen molar-refractivity contribution in [1.82, 2.24) is 24.6 Å². The molecule has 14 nitrogen and oxygen atoms in total. The summed E-state index contributed by atoms with van der Waals surface area (Å²) in [4.78, 5) is 40.7. The zero-order valence-electron chi connectivity index (χ0n) is 21.5. The number of anilines is 2. The molecule has 0 spiro atoms. The number of aromatic nitrogens is 4. The fraction of sp³-hybridized carbons (Fsp3) is 0.240. The Labute approximate surface area is 242 Å². The van der Waals surface area contributed by atoms with Gasteiger partial charge in [-0.2, -0.15) is 9.97 Å². The summed E-state index contributed by atoms with van der Waals surface area (Å²) in [6.45, 7) is -0.477. The number of imidazole rings is 1. The topological polar surface area (TPSA) is 212 Å². The molecule has 5 unspecified atom stereocenters. The van der Waals surface area contributed by atoms with Crippen LogP contribution in [0.4, 0.5) is 11.5 Å². The average Bonchev–Trinajstić information content (AvgIpc) is 3.45. The molecule has 0 bridgehead atoms. The van der Waals surface area contributed by atoms with Crippen LogP contribution in [0.2, 0.25) is 5.28 Å². The monoisotopic (exact) mass is 634 g/mol. The van der Waals surface area contributed by atoms with Crippen molar-refractivity contribution < 1.29 is 38.8 Å². The van der Waals surface area contributed by atoms with E-state index in [2.05, 4.69) is 43.6 Å². The largest absolute Gasteiger partial charge is 0.387 e. The van der Waals surface area contributed by atoms with Crippen LogP contribution in [0.15, 0.2) is 60.9 Å². The van der Waals surface area contributed by atoms with Crippen LogP contribution < -0.4 is 10.4 Å². The maximum atomic E-state index is 12.1. The Balaban J connectivity index is 1.26. The van der Waals surface area contributed by atoms with Crippen molar-refractivity contribution in [3.63, 3.8) is 0 Å². The van der Waals surface area contributed by atoms with Gasteiger partial charge in [-0.1, -0.05) is 30.3 Å². The molecule has 0 amide bonds. The lowest BCUT2D eigenvalue weighted by Gasteiger charge is -2.19. The van der Waals surface area contributed by atoms with E-state index in [1.54, 1.807) is 0 Å². The van der Waals surface area contributed by atoms with Gasteiger partial charge in [-0.15, -0.1) is 0 Å². The van der Waals surface area contributed by atoms with Crippen LogP contribution in [-0.2, 0) is 13.9 Å². The van der Waals surface area contributed by atoms with E-state index in [4.69, 9.17) is 26.1 Å². The molecule has 1 aliphatic heterocycles. The lowest BCUT2D eigenvalue weighted by molar-refractivity contribution is -0.0331. The van der Waals surface area contributed by atoms with Gasteiger partial charge in [0.25, 0.3) is 7.52 Å².